The summed E-state index contributed by atoms with van der Waals surface area (Å²) >= 11 is 0. The van der Waals surface area contributed by atoms with Crippen molar-refractivity contribution >= 4 is 11.9 Å². The number of benzene rings is 2. The minimum absolute atomic E-state index is 0.0115. The average molecular weight is 451 g/mol. The van der Waals surface area contributed by atoms with Gasteiger partial charge in [0.2, 0.25) is 0 Å². The first-order valence-electron chi connectivity index (χ1n) is 11.9. The second kappa shape index (κ2) is 9.70. The highest BCUT2D eigenvalue weighted by Gasteiger charge is 2.53. The summed E-state index contributed by atoms with van der Waals surface area (Å²) in [6, 6.07) is 18.8. The molecule has 0 N–H and O–H groups in total. The Balaban J connectivity index is 1.74. The third kappa shape index (κ3) is 7.73. The summed E-state index contributed by atoms with van der Waals surface area (Å²) in [6.45, 7) is 11.3. The number of esters is 2. The second-order valence-electron chi connectivity index (χ2n) is 11.4. The van der Waals surface area contributed by atoms with E-state index in [4.69, 9.17) is 9.47 Å². The van der Waals surface area contributed by atoms with Gasteiger partial charge in [0, 0.05) is 6.42 Å². The number of carbonyl (C=O) groups excluding carboxylic acids is 2. The largest absolute Gasteiger partial charge is 0.460 e. The number of carbonyl (C=O) groups is 2. The van der Waals surface area contributed by atoms with Crippen molar-refractivity contribution in [2.75, 3.05) is 0 Å². The highest BCUT2D eigenvalue weighted by atomic mass is 16.6. The molecule has 1 atom stereocenters. The van der Waals surface area contributed by atoms with E-state index in [1.54, 1.807) is 0 Å². The summed E-state index contributed by atoms with van der Waals surface area (Å²) in [4.78, 5) is 25.6. The molecule has 33 heavy (non-hydrogen) atoms. The average Bonchev–Trinajstić information content (AvgIpc) is 3.47. The van der Waals surface area contributed by atoms with Crippen molar-refractivity contribution in [1.82, 2.24) is 0 Å². The molecule has 0 aliphatic heterocycles. The van der Waals surface area contributed by atoms with E-state index >= 15 is 0 Å². The molecule has 0 radical (unpaired) electrons. The van der Waals surface area contributed by atoms with Gasteiger partial charge in [-0.25, -0.2) is 0 Å². The van der Waals surface area contributed by atoms with Crippen LogP contribution in [0.4, 0.5) is 0 Å². The van der Waals surface area contributed by atoms with Gasteiger partial charge in [-0.1, -0.05) is 54.6 Å². The van der Waals surface area contributed by atoms with Gasteiger partial charge in [0.25, 0.3) is 0 Å². The lowest BCUT2D eigenvalue weighted by Crippen LogP contribution is -2.32. The number of hydrogen-bond acceptors (Lipinski definition) is 4. The summed E-state index contributed by atoms with van der Waals surface area (Å²) in [5.41, 5.74) is 1.99. The number of ether oxygens (including phenoxy) is 2. The lowest BCUT2D eigenvalue weighted by molar-refractivity contribution is -0.164. The molecule has 4 heteroatoms. The Morgan fingerprint density at radius 1 is 0.818 bits per heavy atom. The molecule has 1 aliphatic rings. The van der Waals surface area contributed by atoms with Gasteiger partial charge in [-0.2, -0.15) is 0 Å². The highest BCUT2D eigenvalue weighted by Crippen LogP contribution is 2.53. The summed E-state index contributed by atoms with van der Waals surface area (Å²) < 4.78 is 11.3. The molecule has 1 aliphatic carbocycles. The summed E-state index contributed by atoms with van der Waals surface area (Å²) in [7, 11) is 0. The van der Waals surface area contributed by atoms with Gasteiger partial charge in [0.05, 0.1) is 5.41 Å². The quantitative estimate of drug-likeness (QED) is 0.417. The van der Waals surface area contributed by atoms with Crippen LogP contribution in [0.3, 0.4) is 0 Å². The van der Waals surface area contributed by atoms with Crippen LogP contribution in [0.5, 0.6) is 0 Å². The maximum atomic E-state index is 12.9. The molecule has 0 unspecified atom stereocenters. The molecule has 0 aromatic heterocycles. The minimum Gasteiger partial charge on any atom is -0.460 e. The zero-order valence-electron chi connectivity index (χ0n) is 20.9. The monoisotopic (exact) mass is 450 g/mol. The van der Waals surface area contributed by atoms with Gasteiger partial charge < -0.3 is 9.47 Å². The van der Waals surface area contributed by atoms with E-state index in [1.807, 2.05) is 59.7 Å². The molecule has 178 valence electrons. The van der Waals surface area contributed by atoms with Crippen LogP contribution in [0, 0.1) is 11.3 Å². The Bertz CT molecular complexity index is 942. The molecule has 0 spiro atoms. The Labute approximate surface area is 198 Å². The molecule has 0 amide bonds. The minimum atomic E-state index is -0.526. The van der Waals surface area contributed by atoms with Crippen LogP contribution in [0.25, 0.3) is 11.1 Å². The van der Waals surface area contributed by atoms with Gasteiger partial charge in [0.1, 0.15) is 11.2 Å². The predicted octanol–water partition coefficient (Wildman–Crippen LogP) is 6.76. The molecular weight excluding hydrogens is 412 g/mol. The second-order valence-corrected chi connectivity index (χ2v) is 11.4. The molecule has 2 aromatic rings. The predicted molar refractivity (Wildman–Crippen MR) is 132 cm³/mol. The lowest BCUT2D eigenvalue weighted by atomic mass is 9.85. The van der Waals surface area contributed by atoms with Crippen molar-refractivity contribution in [3.63, 3.8) is 0 Å². The number of rotatable bonds is 8. The third-order valence-corrected chi connectivity index (χ3v) is 5.83. The Kier molecular flexibility index (Phi) is 7.36. The van der Waals surface area contributed by atoms with Crippen molar-refractivity contribution in [3.05, 3.63) is 60.2 Å². The molecule has 4 nitrogen and oxygen atoms in total. The smallest absolute Gasteiger partial charge is 0.312 e. The first-order chi connectivity index (χ1) is 15.4. The molecule has 0 heterocycles. The SMILES string of the molecule is CC(C)(C)OC(=O)C[C@H](Cc1ccc(-c2ccccc2)cc1)CC1(C(=O)OC(C)(C)C)CC1. The van der Waals surface area contributed by atoms with Gasteiger partial charge in [-0.05, 0) is 89.8 Å². The van der Waals surface area contributed by atoms with Gasteiger partial charge in [-0.3, -0.25) is 9.59 Å². The zero-order valence-corrected chi connectivity index (χ0v) is 20.9. The Morgan fingerprint density at radius 2 is 1.36 bits per heavy atom. The molecular formula is C29H38O4. The molecule has 2 aromatic carbocycles. The fourth-order valence-corrected chi connectivity index (χ4v) is 4.21. The van der Waals surface area contributed by atoms with E-state index in [0.29, 0.717) is 12.8 Å². The summed E-state index contributed by atoms with van der Waals surface area (Å²) in [5, 5.41) is 0. The van der Waals surface area contributed by atoms with Crippen LogP contribution >= 0.6 is 0 Å². The molecule has 0 bridgehead atoms. The van der Waals surface area contributed by atoms with E-state index in [0.717, 1.165) is 30.4 Å². The highest BCUT2D eigenvalue weighted by molar-refractivity contribution is 5.80. The summed E-state index contributed by atoms with van der Waals surface area (Å²) in [5.74, 6) is -0.338. The van der Waals surface area contributed by atoms with E-state index in [-0.39, 0.29) is 17.9 Å². The normalized spacial score (nSPS) is 16.1. The van der Waals surface area contributed by atoms with Crippen LogP contribution in [0.1, 0.15) is 72.8 Å². The zero-order chi connectivity index (χ0) is 24.3. The Morgan fingerprint density at radius 3 is 1.88 bits per heavy atom. The molecule has 1 fully saturated rings. The van der Waals surface area contributed by atoms with Gasteiger partial charge in [0.15, 0.2) is 0 Å². The van der Waals surface area contributed by atoms with Crippen molar-refractivity contribution in [1.29, 1.82) is 0 Å². The van der Waals surface area contributed by atoms with E-state index < -0.39 is 16.6 Å². The van der Waals surface area contributed by atoms with Crippen LogP contribution in [0.2, 0.25) is 0 Å². The van der Waals surface area contributed by atoms with Crippen molar-refractivity contribution in [2.45, 2.75) is 84.8 Å². The van der Waals surface area contributed by atoms with Crippen molar-refractivity contribution < 1.29 is 19.1 Å². The standard InChI is InChI=1S/C29H38O4/c1-27(2,3)32-25(30)19-22(20-29(16-17-29)26(31)33-28(4,5)6)18-21-12-14-24(15-13-21)23-10-8-7-9-11-23/h7-15,22H,16-20H2,1-6H3/t22-/m0/s1. The van der Waals surface area contributed by atoms with E-state index in [2.05, 4.69) is 36.4 Å². The maximum absolute atomic E-state index is 12.9. The fourth-order valence-electron chi connectivity index (χ4n) is 4.21. The molecule has 3 rings (SSSR count). The van der Waals surface area contributed by atoms with Crippen molar-refractivity contribution in [2.24, 2.45) is 11.3 Å². The van der Waals surface area contributed by atoms with Crippen LogP contribution in [0.15, 0.2) is 54.6 Å². The van der Waals surface area contributed by atoms with Crippen LogP contribution < -0.4 is 0 Å². The first-order valence-corrected chi connectivity index (χ1v) is 11.9. The first kappa shape index (κ1) is 25.0. The maximum Gasteiger partial charge on any atom is 0.312 e. The van der Waals surface area contributed by atoms with E-state index in [1.165, 1.54) is 5.56 Å². The lowest BCUT2D eigenvalue weighted by Gasteiger charge is -2.27. The number of hydrogen-bond donors (Lipinski definition) is 0. The van der Waals surface area contributed by atoms with Crippen LogP contribution in [-0.2, 0) is 25.5 Å². The molecule has 0 saturated heterocycles. The van der Waals surface area contributed by atoms with E-state index in [9.17, 15) is 9.59 Å². The van der Waals surface area contributed by atoms with Gasteiger partial charge in [-0.15, -0.1) is 0 Å². The van der Waals surface area contributed by atoms with Gasteiger partial charge >= 0.3 is 11.9 Å². The topological polar surface area (TPSA) is 52.6 Å². The van der Waals surface area contributed by atoms with Crippen molar-refractivity contribution in [3.8, 4) is 11.1 Å². The summed E-state index contributed by atoms with van der Waals surface area (Å²) in [6.07, 6.45) is 3.29. The molecule has 1 saturated carbocycles. The van der Waals surface area contributed by atoms with Crippen LogP contribution in [-0.4, -0.2) is 23.1 Å². The third-order valence-electron chi connectivity index (χ3n) is 5.83. The Hall–Kier alpha value is -2.62. The fraction of sp³-hybridized carbons (Fsp3) is 0.517.